The van der Waals surface area contributed by atoms with Crippen molar-refractivity contribution in [3.8, 4) is 58.7 Å². The van der Waals surface area contributed by atoms with Gasteiger partial charge in [0.25, 0.3) is 0 Å². The molecule has 2 N–H and O–H groups in total. The maximum absolute atomic E-state index is 5.33. The predicted molar refractivity (Wildman–Crippen MR) is 231 cm³/mol. The molecular weight excluding hydrogens is 836 g/mol. The zero-order chi connectivity index (χ0) is 42.0. The second-order valence-electron chi connectivity index (χ2n) is 13.3. The first-order valence-electron chi connectivity index (χ1n) is 18.7. The largest absolute Gasteiger partial charge is 0.497 e. The fourth-order valence-corrected chi connectivity index (χ4v) is 6.61. The molecule has 0 amide bonds. The number of aromatic nitrogens is 12. The number of nitrogens with one attached hydrogen (secondary N) is 2. The van der Waals surface area contributed by atoms with Crippen LogP contribution in [0.2, 0.25) is 0 Å². The molecule has 6 aromatic heterocycles. The van der Waals surface area contributed by atoms with Crippen LogP contribution in [0.5, 0.6) is 11.5 Å². The average molecular weight is 872 g/mol. The Morgan fingerprint density at radius 2 is 1.11 bits per heavy atom. The van der Waals surface area contributed by atoms with Crippen LogP contribution in [0.4, 0.5) is 11.9 Å². The zero-order valence-electron chi connectivity index (χ0n) is 32.9. The lowest BCUT2D eigenvalue weighted by Crippen LogP contribution is -2.17. The van der Waals surface area contributed by atoms with Crippen LogP contribution in [-0.2, 0) is 26.2 Å². The summed E-state index contributed by atoms with van der Waals surface area (Å²) in [6.45, 7) is 3.02. The second kappa shape index (κ2) is 18.7. The highest BCUT2D eigenvalue weighted by Crippen LogP contribution is 2.31. The van der Waals surface area contributed by atoms with Gasteiger partial charge in [-0.2, -0.15) is 10.2 Å². The summed E-state index contributed by atoms with van der Waals surface area (Å²) in [6.07, 6.45) is 18.5. The summed E-state index contributed by atoms with van der Waals surface area (Å²) in [5.74, 6) is 12.6. The number of fused-ring (bicyclic) bond motifs is 2. The number of aromatic amines is 2. The Kier molecular flexibility index (Phi) is 12.2. The maximum Gasteiger partial charge on any atom is 0.226 e. The molecule has 17 heteroatoms. The lowest BCUT2D eigenvalue weighted by molar-refractivity contribution is 0.414. The number of nitrogens with zero attached hydrogens (tertiary/aromatic N) is 12. The van der Waals surface area contributed by atoms with Crippen molar-refractivity contribution in [3.63, 3.8) is 0 Å². The molecule has 0 aliphatic carbocycles. The summed E-state index contributed by atoms with van der Waals surface area (Å²) >= 11 is 3.36. The highest BCUT2D eigenvalue weighted by Gasteiger charge is 2.23. The van der Waals surface area contributed by atoms with E-state index in [0.717, 1.165) is 53.4 Å². The lowest BCUT2D eigenvalue weighted by Gasteiger charge is -2.15. The number of terminal acetylenes is 1. The van der Waals surface area contributed by atoms with Gasteiger partial charge < -0.3 is 19.3 Å². The summed E-state index contributed by atoms with van der Waals surface area (Å²) in [7, 11) is 3.35. The van der Waals surface area contributed by atoms with E-state index in [2.05, 4.69) is 123 Å². The van der Waals surface area contributed by atoms with Crippen LogP contribution in [0.1, 0.15) is 39.1 Å². The summed E-state index contributed by atoms with van der Waals surface area (Å²) in [6, 6.07) is 19.4. The van der Waals surface area contributed by atoms with E-state index in [-0.39, 0.29) is 0 Å². The molecule has 8 heterocycles. The van der Waals surface area contributed by atoms with Crippen molar-refractivity contribution in [2.24, 2.45) is 0 Å². The highest BCUT2D eigenvalue weighted by atomic mass is 79.9. The molecule has 0 atom stereocenters. The number of H-pyrrole nitrogens is 2. The lowest BCUT2D eigenvalue weighted by atomic mass is 10.1. The van der Waals surface area contributed by atoms with Gasteiger partial charge in [0.05, 0.1) is 37.7 Å². The molecule has 0 saturated heterocycles. The number of halogens is 1. The minimum atomic E-state index is 0.510. The van der Waals surface area contributed by atoms with Gasteiger partial charge in [0.1, 0.15) is 33.2 Å². The minimum Gasteiger partial charge on any atom is -0.497 e. The van der Waals surface area contributed by atoms with E-state index in [1.54, 1.807) is 82.0 Å². The van der Waals surface area contributed by atoms with E-state index >= 15 is 0 Å². The zero-order valence-corrected chi connectivity index (χ0v) is 34.4. The van der Waals surface area contributed by atoms with Crippen LogP contribution in [0.15, 0.2) is 115 Å². The molecule has 0 bridgehead atoms. The number of rotatable bonds is 6. The molecule has 2 aromatic carbocycles. The number of ether oxygens (including phenoxy) is 2. The Morgan fingerprint density at radius 3 is 1.62 bits per heavy atom. The number of anilines is 2. The molecular formula is C44H35BrN14O2. The Morgan fingerprint density at radius 1 is 0.590 bits per heavy atom. The molecule has 2 aliphatic rings. The Hall–Kier alpha value is -8.02. The first-order valence-corrected chi connectivity index (χ1v) is 19.5. The van der Waals surface area contributed by atoms with Gasteiger partial charge in [-0.25, -0.2) is 39.9 Å². The summed E-state index contributed by atoms with van der Waals surface area (Å²) in [5.41, 5.74) is 8.53. The molecule has 10 rings (SSSR count). The van der Waals surface area contributed by atoms with Crippen molar-refractivity contribution < 1.29 is 9.47 Å². The van der Waals surface area contributed by atoms with Crippen LogP contribution in [0.25, 0.3) is 23.0 Å². The first-order chi connectivity index (χ1) is 29.9. The van der Waals surface area contributed by atoms with Gasteiger partial charge in [-0.3, -0.25) is 10.2 Å². The first kappa shape index (κ1) is 39.8. The normalized spacial score (nSPS) is 12.0. The van der Waals surface area contributed by atoms with Crippen molar-refractivity contribution in [2.45, 2.75) is 26.2 Å². The van der Waals surface area contributed by atoms with E-state index < -0.39 is 0 Å². The molecule has 0 fully saturated rings. The molecule has 0 unspecified atom stereocenters. The number of hydrogen-bond donors (Lipinski definition) is 2. The van der Waals surface area contributed by atoms with Gasteiger partial charge in [-0.05, 0) is 92.6 Å². The van der Waals surface area contributed by atoms with Crippen LogP contribution >= 0.6 is 15.9 Å². The van der Waals surface area contributed by atoms with E-state index in [1.165, 1.54) is 22.3 Å². The maximum atomic E-state index is 5.33. The topological polar surface area (TPSA) is 185 Å². The minimum absolute atomic E-state index is 0.510. The van der Waals surface area contributed by atoms with E-state index in [1.807, 2.05) is 18.2 Å². The third-order valence-corrected chi connectivity index (χ3v) is 9.80. The van der Waals surface area contributed by atoms with Crippen LogP contribution in [0, 0.1) is 24.2 Å². The summed E-state index contributed by atoms with van der Waals surface area (Å²) < 4.78 is 11.4. The third kappa shape index (κ3) is 9.82. The molecule has 0 radical (unpaired) electrons. The summed E-state index contributed by atoms with van der Waals surface area (Å²) in [5, 5.41) is 12.8. The van der Waals surface area contributed by atoms with Crippen LogP contribution in [-0.4, -0.2) is 74.5 Å². The van der Waals surface area contributed by atoms with Crippen molar-refractivity contribution in [3.05, 3.63) is 154 Å². The number of hydrogen-bond acceptors (Lipinski definition) is 14. The van der Waals surface area contributed by atoms with Gasteiger partial charge in [-0.15, -0.1) is 6.42 Å². The SMILES string of the molecule is C#Cc1cn[nH]c1.COc1ccc2c(c1)CN(c1nccc(-c3nccc(Br)n3)n1)C2.COc1ccc2c(c1)CN(c1nccc(-c3nccc(C#Cc4cn[nH]c4)n3)n1)C2. The standard InChI is InChI=1S/C22H17N7O.C17H14BrN5O.C5H4N2/c1-30-19-5-3-16-13-29(14-17(16)10-19)22-24-9-7-20(28-22)21-23-8-6-18(27-21)4-2-15-11-25-26-12-15;1-24-13-3-2-11-9-23(10-12(11)8-13)17-20-6-4-14(21-17)16-19-7-5-15(18)22-16;1-2-5-3-6-7-4-5/h3,5-12H,13-14H2,1H3,(H,25,26);2-8H,9-10H2,1H3;1,3-4H,(H,6,7). The van der Waals surface area contributed by atoms with E-state index in [9.17, 15) is 0 Å². The van der Waals surface area contributed by atoms with Gasteiger partial charge in [-0.1, -0.05) is 24.0 Å². The van der Waals surface area contributed by atoms with Gasteiger partial charge in [0, 0.05) is 63.4 Å². The van der Waals surface area contributed by atoms with Gasteiger partial charge in [0.2, 0.25) is 11.9 Å². The number of benzene rings is 2. The molecule has 0 spiro atoms. The molecule has 300 valence electrons. The third-order valence-electron chi connectivity index (χ3n) is 9.36. The molecule has 2 aliphatic heterocycles. The van der Waals surface area contributed by atoms with Crippen molar-refractivity contribution in [1.29, 1.82) is 0 Å². The molecule has 8 aromatic rings. The summed E-state index contributed by atoms with van der Waals surface area (Å²) in [4.78, 5) is 40.0. The molecule has 16 nitrogen and oxygen atoms in total. The molecule has 61 heavy (non-hydrogen) atoms. The fourth-order valence-electron chi connectivity index (χ4n) is 6.33. The predicted octanol–water partition coefficient (Wildman–Crippen LogP) is 6.20. The smallest absolute Gasteiger partial charge is 0.226 e. The van der Waals surface area contributed by atoms with Gasteiger partial charge in [0.15, 0.2) is 11.6 Å². The van der Waals surface area contributed by atoms with E-state index in [0.29, 0.717) is 40.6 Å². The Balaban J connectivity index is 0.000000148. The monoisotopic (exact) mass is 870 g/mol. The second-order valence-corrected chi connectivity index (χ2v) is 14.1. The van der Waals surface area contributed by atoms with Crippen molar-refractivity contribution >= 4 is 27.8 Å². The molecule has 0 saturated carbocycles. The van der Waals surface area contributed by atoms with Gasteiger partial charge >= 0.3 is 0 Å². The Bertz CT molecular complexity index is 2870. The Labute approximate surface area is 359 Å². The van der Waals surface area contributed by atoms with Crippen LogP contribution < -0.4 is 19.3 Å². The average Bonchev–Trinajstić information content (AvgIpc) is 4.16. The fraction of sp³-hybridized carbons (Fsp3) is 0.136. The number of methoxy groups -OCH3 is 2. The van der Waals surface area contributed by atoms with E-state index in [4.69, 9.17) is 20.9 Å². The van der Waals surface area contributed by atoms with Crippen LogP contribution in [0.3, 0.4) is 0 Å². The van der Waals surface area contributed by atoms with Crippen molar-refractivity contribution in [1.82, 2.24) is 60.3 Å². The quantitative estimate of drug-likeness (QED) is 0.142. The highest BCUT2D eigenvalue weighted by molar-refractivity contribution is 9.10. The van der Waals surface area contributed by atoms with Crippen molar-refractivity contribution in [2.75, 3.05) is 24.0 Å².